The first kappa shape index (κ1) is 12.1. The first-order valence-corrected chi connectivity index (χ1v) is 4.13. The molecule has 0 amide bonds. The Hall–Kier alpha value is -0.930. The SMILES string of the molecule is CC=CC=CC(=O)C(O)C(C)(C)O. The molecule has 74 valence electrons. The topological polar surface area (TPSA) is 57.5 Å². The molecule has 0 saturated heterocycles. The van der Waals surface area contributed by atoms with Crippen LogP contribution in [0.15, 0.2) is 24.3 Å². The van der Waals surface area contributed by atoms with Gasteiger partial charge in [0.1, 0.15) is 6.10 Å². The minimum absolute atomic E-state index is 0.495. The van der Waals surface area contributed by atoms with Crippen molar-refractivity contribution in [2.24, 2.45) is 0 Å². The van der Waals surface area contributed by atoms with Crippen LogP contribution >= 0.6 is 0 Å². The van der Waals surface area contributed by atoms with Gasteiger partial charge in [-0.25, -0.2) is 0 Å². The fraction of sp³-hybridized carbons (Fsp3) is 0.500. The predicted octanol–water partition coefficient (Wildman–Crippen LogP) is 0.820. The maximum atomic E-state index is 11.1. The average Bonchev–Trinajstić information content (AvgIpc) is 2.01. The van der Waals surface area contributed by atoms with Crippen molar-refractivity contribution in [2.45, 2.75) is 32.5 Å². The standard InChI is InChI=1S/C10H16O3/c1-4-5-6-7-8(11)9(12)10(2,3)13/h4-7,9,12-13H,1-3H3. The summed E-state index contributed by atoms with van der Waals surface area (Å²) in [6.07, 6.45) is 4.84. The van der Waals surface area contributed by atoms with E-state index in [4.69, 9.17) is 0 Å². The minimum atomic E-state index is -1.39. The molecule has 2 N–H and O–H groups in total. The Balaban J connectivity index is 4.28. The third kappa shape index (κ3) is 4.60. The molecule has 0 aliphatic carbocycles. The Bertz CT molecular complexity index is 221. The van der Waals surface area contributed by atoms with Crippen LogP contribution < -0.4 is 0 Å². The van der Waals surface area contributed by atoms with Crippen molar-refractivity contribution < 1.29 is 15.0 Å². The van der Waals surface area contributed by atoms with Gasteiger partial charge in [0.05, 0.1) is 5.60 Å². The number of aliphatic hydroxyl groups excluding tert-OH is 1. The van der Waals surface area contributed by atoms with E-state index >= 15 is 0 Å². The monoisotopic (exact) mass is 184 g/mol. The van der Waals surface area contributed by atoms with Crippen molar-refractivity contribution in [3.05, 3.63) is 24.3 Å². The lowest BCUT2D eigenvalue weighted by Gasteiger charge is -2.21. The van der Waals surface area contributed by atoms with Crippen molar-refractivity contribution in [1.29, 1.82) is 0 Å². The summed E-state index contributed by atoms with van der Waals surface area (Å²) in [6, 6.07) is 0. The number of rotatable bonds is 4. The number of carbonyl (C=O) groups is 1. The van der Waals surface area contributed by atoms with Crippen molar-refractivity contribution in [1.82, 2.24) is 0 Å². The summed E-state index contributed by atoms with van der Waals surface area (Å²) in [5.41, 5.74) is -1.39. The summed E-state index contributed by atoms with van der Waals surface area (Å²) in [6.45, 7) is 4.60. The molecule has 0 saturated carbocycles. The smallest absolute Gasteiger partial charge is 0.187 e. The van der Waals surface area contributed by atoms with Crippen molar-refractivity contribution in [3.63, 3.8) is 0 Å². The van der Waals surface area contributed by atoms with Gasteiger partial charge >= 0.3 is 0 Å². The normalized spacial score (nSPS) is 15.5. The van der Waals surface area contributed by atoms with Crippen LogP contribution in [0.2, 0.25) is 0 Å². The number of allylic oxidation sites excluding steroid dienone is 3. The fourth-order valence-corrected chi connectivity index (χ4v) is 0.701. The highest BCUT2D eigenvalue weighted by Crippen LogP contribution is 2.09. The first-order chi connectivity index (χ1) is 5.89. The first-order valence-electron chi connectivity index (χ1n) is 4.13. The van der Waals surface area contributed by atoms with Crippen LogP contribution in [0, 0.1) is 0 Å². The molecular weight excluding hydrogens is 168 g/mol. The Labute approximate surface area is 78.4 Å². The molecule has 0 aromatic heterocycles. The summed E-state index contributed by atoms with van der Waals surface area (Å²) in [7, 11) is 0. The maximum absolute atomic E-state index is 11.1. The van der Waals surface area contributed by atoms with E-state index in [1.165, 1.54) is 26.0 Å². The summed E-state index contributed by atoms with van der Waals surface area (Å²) in [5.74, 6) is -0.495. The van der Waals surface area contributed by atoms with Gasteiger partial charge in [0.15, 0.2) is 5.78 Å². The Morgan fingerprint density at radius 1 is 1.38 bits per heavy atom. The van der Waals surface area contributed by atoms with Crippen LogP contribution in [0.25, 0.3) is 0 Å². The molecule has 3 nitrogen and oxygen atoms in total. The number of ketones is 1. The molecule has 0 spiro atoms. The van der Waals surface area contributed by atoms with E-state index in [-0.39, 0.29) is 0 Å². The zero-order valence-corrected chi connectivity index (χ0v) is 8.19. The second-order valence-electron chi connectivity index (χ2n) is 3.34. The third-order valence-electron chi connectivity index (χ3n) is 1.50. The van der Waals surface area contributed by atoms with E-state index in [0.717, 1.165) is 0 Å². The van der Waals surface area contributed by atoms with E-state index < -0.39 is 17.5 Å². The molecule has 0 fully saturated rings. The van der Waals surface area contributed by atoms with Gasteiger partial charge in [-0.1, -0.05) is 18.2 Å². The number of hydrogen-bond acceptors (Lipinski definition) is 3. The van der Waals surface area contributed by atoms with E-state index in [0.29, 0.717) is 0 Å². The highest BCUT2D eigenvalue weighted by molar-refractivity contribution is 5.94. The van der Waals surface area contributed by atoms with Crippen LogP contribution in [-0.2, 0) is 4.79 Å². The largest absolute Gasteiger partial charge is 0.387 e. The lowest BCUT2D eigenvalue weighted by atomic mass is 9.98. The van der Waals surface area contributed by atoms with Crippen LogP contribution in [-0.4, -0.2) is 27.7 Å². The van der Waals surface area contributed by atoms with Crippen LogP contribution in [0.5, 0.6) is 0 Å². The Morgan fingerprint density at radius 3 is 2.31 bits per heavy atom. The van der Waals surface area contributed by atoms with E-state index in [9.17, 15) is 15.0 Å². The summed E-state index contributed by atoms with van der Waals surface area (Å²) < 4.78 is 0. The number of hydrogen-bond donors (Lipinski definition) is 2. The maximum Gasteiger partial charge on any atom is 0.187 e. The molecule has 0 aromatic carbocycles. The second kappa shape index (κ2) is 4.94. The van der Waals surface area contributed by atoms with Crippen molar-refractivity contribution in [3.8, 4) is 0 Å². The predicted molar refractivity (Wildman–Crippen MR) is 51.3 cm³/mol. The lowest BCUT2D eigenvalue weighted by molar-refractivity contribution is -0.134. The van der Waals surface area contributed by atoms with Gasteiger partial charge in [0.25, 0.3) is 0 Å². The summed E-state index contributed by atoms with van der Waals surface area (Å²) in [4.78, 5) is 11.1. The molecule has 3 heteroatoms. The molecule has 0 heterocycles. The van der Waals surface area contributed by atoms with Gasteiger partial charge in [0.2, 0.25) is 0 Å². The molecule has 0 radical (unpaired) electrons. The summed E-state index contributed by atoms with van der Waals surface area (Å²) >= 11 is 0. The second-order valence-corrected chi connectivity index (χ2v) is 3.34. The molecule has 13 heavy (non-hydrogen) atoms. The van der Waals surface area contributed by atoms with Crippen LogP contribution in [0.3, 0.4) is 0 Å². The quantitative estimate of drug-likeness (QED) is 0.502. The molecule has 0 aliphatic heterocycles. The van der Waals surface area contributed by atoms with Gasteiger partial charge in [-0.15, -0.1) is 0 Å². The van der Waals surface area contributed by atoms with Gasteiger partial charge in [0, 0.05) is 0 Å². The van der Waals surface area contributed by atoms with Crippen molar-refractivity contribution >= 4 is 5.78 Å². The molecule has 1 atom stereocenters. The van der Waals surface area contributed by atoms with Crippen molar-refractivity contribution in [2.75, 3.05) is 0 Å². The van der Waals surface area contributed by atoms with Gasteiger partial charge < -0.3 is 10.2 Å². The molecule has 0 rings (SSSR count). The minimum Gasteiger partial charge on any atom is -0.387 e. The van der Waals surface area contributed by atoms with E-state index in [2.05, 4.69) is 0 Å². The van der Waals surface area contributed by atoms with Gasteiger partial charge in [-0.2, -0.15) is 0 Å². The van der Waals surface area contributed by atoms with Crippen LogP contribution in [0.1, 0.15) is 20.8 Å². The highest BCUT2D eigenvalue weighted by atomic mass is 16.3. The van der Waals surface area contributed by atoms with Crippen LogP contribution in [0.4, 0.5) is 0 Å². The Morgan fingerprint density at radius 2 is 1.92 bits per heavy atom. The number of carbonyl (C=O) groups excluding carboxylic acids is 1. The molecule has 0 aliphatic rings. The molecule has 0 bridgehead atoms. The van der Waals surface area contributed by atoms with E-state index in [1.807, 2.05) is 6.92 Å². The molecular formula is C10H16O3. The third-order valence-corrected chi connectivity index (χ3v) is 1.50. The zero-order valence-electron chi connectivity index (χ0n) is 8.19. The van der Waals surface area contributed by atoms with Gasteiger partial charge in [-0.3, -0.25) is 4.79 Å². The Kier molecular flexibility index (Phi) is 4.59. The molecule has 0 aromatic rings. The van der Waals surface area contributed by atoms with Gasteiger partial charge in [-0.05, 0) is 26.8 Å². The lowest BCUT2D eigenvalue weighted by Crippen LogP contribution is -2.41. The summed E-state index contributed by atoms with van der Waals surface area (Å²) in [5, 5.41) is 18.6. The molecule has 1 unspecified atom stereocenters. The average molecular weight is 184 g/mol. The zero-order chi connectivity index (χ0) is 10.5. The number of aliphatic hydroxyl groups is 2. The van der Waals surface area contributed by atoms with E-state index in [1.54, 1.807) is 12.2 Å². The fourth-order valence-electron chi connectivity index (χ4n) is 0.701. The highest BCUT2D eigenvalue weighted by Gasteiger charge is 2.29.